The highest BCUT2D eigenvalue weighted by Gasteiger charge is 2.29. The number of benzene rings is 6. The minimum absolute atomic E-state index is 0.00997. The van der Waals surface area contributed by atoms with E-state index in [9.17, 15) is 27.9 Å². The predicted octanol–water partition coefficient (Wildman–Crippen LogP) is 8.81. The lowest BCUT2D eigenvalue weighted by atomic mass is 9.94. The third-order valence-electron chi connectivity index (χ3n) is 9.61. The van der Waals surface area contributed by atoms with Crippen molar-refractivity contribution in [1.82, 2.24) is 19.4 Å². The first-order valence-corrected chi connectivity index (χ1v) is 19.8. The van der Waals surface area contributed by atoms with E-state index in [0.29, 0.717) is 45.6 Å². The van der Waals surface area contributed by atoms with Crippen LogP contribution < -0.4 is 9.46 Å². The number of hydrogen-bond acceptors (Lipinski definition) is 7. The SMILES string of the molecule is O=C(NS(=O)(=O)c1ccc2cccc(Cl)c2c1)c1ccc(-c2cn(-c3ccc(Oc4cccc(Cl)c4)cc3)nc2C(=O)O)c(C(=O)N2CCc3ccccc3C2)c1. The summed E-state index contributed by atoms with van der Waals surface area (Å²) < 4.78 is 36.3. The lowest BCUT2D eigenvalue weighted by Gasteiger charge is -2.29. The minimum atomic E-state index is -4.39. The number of rotatable bonds is 9. The molecule has 8 rings (SSSR count). The largest absolute Gasteiger partial charge is 0.476 e. The molecule has 57 heavy (non-hydrogen) atoms. The number of fused-ring (bicyclic) bond motifs is 2. The zero-order chi connectivity index (χ0) is 39.8. The number of hydrogen-bond donors (Lipinski definition) is 2. The molecule has 11 nitrogen and oxygen atoms in total. The molecule has 0 atom stereocenters. The van der Waals surface area contributed by atoms with E-state index >= 15 is 0 Å². The standard InChI is InChI=1S/C43H30Cl2N4O7S/c44-30-8-4-9-33(22-30)56-32-15-13-31(14-16-32)49-25-38(40(46-49)43(52)53)35-18-12-28(21-37(35)42(51)48-20-19-26-5-1-2-6-29(26)24-48)41(50)47-57(54,55)34-17-11-27-7-3-10-39(45)36(27)23-34/h1-18,21-23,25H,19-20,24H2,(H,47,50)(H,52,53). The Morgan fingerprint density at radius 1 is 0.772 bits per heavy atom. The zero-order valence-corrected chi connectivity index (χ0v) is 32.1. The molecule has 0 bridgehead atoms. The second-order valence-electron chi connectivity index (χ2n) is 13.3. The number of ether oxygens (including phenoxy) is 1. The summed E-state index contributed by atoms with van der Waals surface area (Å²) in [6.07, 6.45) is 2.07. The van der Waals surface area contributed by atoms with Crippen molar-refractivity contribution in [3.8, 4) is 28.3 Å². The van der Waals surface area contributed by atoms with Crippen LogP contribution >= 0.6 is 23.2 Å². The number of carbonyl (C=O) groups excluding carboxylic acids is 2. The number of sulfonamides is 1. The monoisotopic (exact) mass is 816 g/mol. The third-order valence-corrected chi connectivity index (χ3v) is 11.5. The van der Waals surface area contributed by atoms with Crippen molar-refractivity contribution < 1.29 is 32.6 Å². The zero-order valence-electron chi connectivity index (χ0n) is 29.7. The second-order valence-corrected chi connectivity index (χ2v) is 15.8. The fourth-order valence-electron chi connectivity index (χ4n) is 6.75. The fraction of sp³-hybridized carbons (Fsp3) is 0.0698. The summed E-state index contributed by atoms with van der Waals surface area (Å²) in [6, 6.07) is 35.0. The van der Waals surface area contributed by atoms with E-state index in [1.165, 1.54) is 41.2 Å². The van der Waals surface area contributed by atoms with Crippen molar-refractivity contribution in [2.75, 3.05) is 6.54 Å². The van der Waals surface area contributed by atoms with Crippen LogP contribution in [0.4, 0.5) is 0 Å². The second kappa shape index (κ2) is 15.2. The Hall–Kier alpha value is -6.47. The molecular formula is C43H30Cl2N4O7S. The average Bonchev–Trinajstić information content (AvgIpc) is 3.66. The van der Waals surface area contributed by atoms with Gasteiger partial charge in [0.15, 0.2) is 5.69 Å². The molecule has 0 unspecified atom stereocenters. The summed E-state index contributed by atoms with van der Waals surface area (Å²) in [6.45, 7) is 0.637. The van der Waals surface area contributed by atoms with Crippen LogP contribution in [0.15, 0.2) is 138 Å². The van der Waals surface area contributed by atoms with Crippen molar-refractivity contribution in [2.24, 2.45) is 0 Å². The minimum Gasteiger partial charge on any atom is -0.476 e. The van der Waals surface area contributed by atoms with Crippen molar-refractivity contribution in [2.45, 2.75) is 17.9 Å². The molecule has 1 aromatic heterocycles. The molecule has 6 aromatic carbocycles. The first-order valence-electron chi connectivity index (χ1n) is 17.6. The topological polar surface area (TPSA) is 148 Å². The van der Waals surface area contributed by atoms with Gasteiger partial charge in [-0.1, -0.05) is 77.8 Å². The molecule has 2 amide bonds. The Balaban J connectivity index is 1.15. The fourth-order valence-corrected chi connectivity index (χ4v) is 8.17. The van der Waals surface area contributed by atoms with Gasteiger partial charge in [0.05, 0.1) is 10.6 Å². The summed E-state index contributed by atoms with van der Waals surface area (Å²) in [5.74, 6) is -1.78. The predicted molar refractivity (Wildman–Crippen MR) is 216 cm³/mol. The van der Waals surface area contributed by atoms with Crippen molar-refractivity contribution >= 4 is 61.8 Å². The van der Waals surface area contributed by atoms with Gasteiger partial charge < -0.3 is 14.7 Å². The molecule has 2 heterocycles. The molecule has 0 saturated carbocycles. The summed E-state index contributed by atoms with van der Waals surface area (Å²) >= 11 is 12.4. The molecule has 0 fully saturated rings. The maximum atomic E-state index is 14.5. The normalized spacial score (nSPS) is 12.6. The van der Waals surface area contributed by atoms with Crippen molar-refractivity contribution in [3.05, 3.63) is 172 Å². The number of nitrogens with one attached hydrogen (secondary N) is 1. The summed E-state index contributed by atoms with van der Waals surface area (Å²) in [5.41, 5.74) is 2.36. The van der Waals surface area contributed by atoms with Gasteiger partial charge in [-0.2, -0.15) is 5.10 Å². The van der Waals surface area contributed by atoms with Gasteiger partial charge in [-0.25, -0.2) is 22.6 Å². The Morgan fingerprint density at radius 3 is 2.32 bits per heavy atom. The molecule has 0 radical (unpaired) electrons. The van der Waals surface area contributed by atoms with E-state index in [2.05, 4.69) is 9.82 Å². The summed E-state index contributed by atoms with van der Waals surface area (Å²) in [5, 5.41) is 16.8. The molecule has 284 valence electrons. The van der Waals surface area contributed by atoms with Gasteiger partial charge in [0.2, 0.25) is 0 Å². The number of aromatic nitrogens is 2. The van der Waals surface area contributed by atoms with Crippen LogP contribution in [0, 0.1) is 0 Å². The number of carbonyl (C=O) groups is 3. The van der Waals surface area contributed by atoms with Gasteiger partial charge in [-0.3, -0.25) is 9.59 Å². The highest BCUT2D eigenvalue weighted by Crippen LogP contribution is 2.33. The van der Waals surface area contributed by atoms with Crippen LogP contribution in [0.1, 0.15) is 42.3 Å². The summed E-state index contributed by atoms with van der Waals surface area (Å²) in [4.78, 5) is 42.3. The van der Waals surface area contributed by atoms with Gasteiger partial charge in [-0.15, -0.1) is 0 Å². The van der Waals surface area contributed by atoms with E-state index in [1.807, 2.05) is 24.3 Å². The van der Waals surface area contributed by atoms with E-state index in [1.54, 1.807) is 77.7 Å². The Kier molecular flexibility index (Phi) is 10.0. The number of nitrogens with zero attached hydrogens (tertiary/aromatic N) is 3. The van der Waals surface area contributed by atoms with Crippen LogP contribution in [0.25, 0.3) is 27.6 Å². The highest BCUT2D eigenvalue weighted by molar-refractivity contribution is 7.90. The molecule has 0 saturated heterocycles. The maximum Gasteiger partial charge on any atom is 0.357 e. The lowest BCUT2D eigenvalue weighted by Crippen LogP contribution is -2.36. The molecule has 7 aromatic rings. The first-order chi connectivity index (χ1) is 27.4. The Morgan fingerprint density at radius 2 is 1.54 bits per heavy atom. The van der Waals surface area contributed by atoms with E-state index in [0.717, 1.165) is 16.5 Å². The van der Waals surface area contributed by atoms with Gasteiger partial charge in [0.1, 0.15) is 11.5 Å². The van der Waals surface area contributed by atoms with E-state index in [-0.39, 0.29) is 39.4 Å². The van der Waals surface area contributed by atoms with Crippen molar-refractivity contribution in [1.29, 1.82) is 0 Å². The molecule has 2 N–H and O–H groups in total. The Bertz CT molecular complexity index is 2860. The quantitative estimate of drug-likeness (QED) is 0.147. The maximum absolute atomic E-state index is 14.5. The third kappa shape index (κ3) is 7.70. The number of halogens is 2. The number of aromatic carboxylic acids is 1. The number of carboxylic acids is 1. The van der Waals surface area contributed by atoms with E-state index in [4.69, 9.17) is 27.9 Å². The van der Waals surface area contributed by atoms with Gasteiger partial charge in [0.25, 0.3) is 21.8 Å². The number of carboxylic acid groups (broad SMARTS) is 1. The van der Waals surface area contributed by atoms with Crippen LogP contribution in [-0.2, 0) is 23.0 Å². The van der Waals surface area contributed by atoms with Crippen molar-refractivity contribution in [3.63, 3.8) is 0 Å². The smallest absolute Gasteiger partial charge is 0.357 e. The molecular weight excluding hydrogens is 787 g/mol. The van der Waals surface area contributed by atoms with Crippen LogP contribution in [0.3, 0.4) is 0 Å². The van der Waals surface area contributed by atoms with E-state index < -0.39 is 27.8 Å². The first kappa shape index (κ1) is 37.5. The molecule has 0 spiro atoms. The summed E-state index contributed by atoms with van der Waals surface area (Å²) in [7, 11) is -4.39. The van der Waals surface area contributed by atoms with Gasteiger partial charge in [-0.05, 0) is 101 Å². The molecule has 0 aliphatic carbocycles. The Labute approximate surface area is 336 Å². The lowest BCUT2D eigenvalue weighted by molar-refractivity contribution is 0.0687. The molecule has 1 aliphatic heterocycles. The van der Waals surface area contributed by atoms with Gasteiger partial charge >= 0.3 is 5.97 Å². The van der Waals surface area contributed by atoms with Crippen LogP contribution in [0.2, 0.25) is 10.0 Å². The average molecular weight is 818 g/mol. The molecule has 1 aliphatic rings. The van der Waals surface area contributed by atoms with Crippen LogP contribution in [-0.4, -0.2) is 52.5 Å². The number of amides is 2. The van der Waals surface area contributed by atoms with Crippen LogP contribution in [0.5, 0.6) is 11.5 Å². The molecule has 14 heteroatoms. The highest BCUT2D eigenvalue weighted by atomic mass is 35.5. The van der Waals surface area contributed by atoms with Gasteiger partial charge in [0, 0.05) is 51.4 Å².